The standard InChI is InChI=1S/C14H21NO2/c1-10-3-4-14-12(5-10)6-13(17-14)8-15-7-11(2)9-16/h3-5,11,13,15-16H,6-9H2,1-2H3. The van der Waals surface area contributed by atoms with Gasteiger partial charge in [0.15, 0.2) is 0 Å². The number of hydrogen-bond donors (Lipinski definition) is 2. The summed E-state index contributed by atoms with van der Waals surface area (Å²) in [6.45, 7) is 6.05. The van der Waals surface area contributed by atoms with Gasteiger partial charge in [0, 0.05) is 26.1 Å². The summed E-state index contributed by atoms with van der Waals surface area (Å²) in [7, 11) is 0. The van der Waals surface area contributed by atoms with E-state index in [0.717, 1.165) is 25.3 Å². The van der Waals surface area contributed by atoms with E-state index in [-0.39, 0.29) is 12.7 Å². The minimum atomic E-state index is 0.234. The van der Waals surface area contributed by atoms with E-state index < -0.39 is 0 Å². The molecule has 0 amide bonds. The Kier molecular flexibility index (Phi) is 4.02. The van der Waals surface area contributed by atoms with Gasteiger partial charge in [-0.2, -0.15) is 0 Å². The molecular weight excluding hydrogens is 214 g/mol. The van der Waals surface area contributed by atoms with Gasteiger partial charge in [-0.15, -0.1) is 0 Å². The Labute approximate surface area is 103 Å². The number of benzene rings is 1. The summed E-state index contributed by atoms with van der Waals surface area (Å²) in [4.78, 5) is 0. The van der Waals surface area contributed by atoms with Gasteiger partial charge in [-0.05, 0) is 24.5 Å². The molecule has 0 fully saturated rings. The lowest BCUT2D eigenvalue weighted by Gasteiger charge is -2.14. The first-order valence-electron chi connectivity index (χ1n) is 6.27. The van der Waals surface area contributed by atoms with Gasteiger partial charge in [0.2, 0.25) is 0 Å². The number of aliphatic hydroxyl groups is 1. The van der Waals surface area contributed by atoms with E-state index in [9.17, 15) is 0 Å². The molecule has 0 aliphatic carbocycles. The summed E-state index contributed by atoms with van der Waals surface area (Å²) in [6.07, 6.45) is 1.22. The molecule has 3 heteroatoms. The molecule has 1 aromatic rings. The van der Waals surface area contributed by atoms with E-state index in [2.05, 4.69) is 30.4 Å². The highest BCUT2D eigenvalue weighted by molar-refractivity contribution is 5.40. The second-order valence-corrected chi connectivity index (χ2v) is 5.00. The van der Waals surface area contributed by atoms with Crippen molar-refractivity contribution < 1.29 is 9.84 Å². The first-order valence-corrected chi connectivity index (χ1v) is 6.27. The van der Waals surface area contributed by atoms with E-state index >= 15 is 0 Å². The van der Waals surface area contributed by atoms with Crippen LogP contribution in [-0.2, 0) is 6.42 Å². The Bertz CT molecular complexity index is 378. The van der Waals surface area contributed by atoms with Crippen LogP contribution in [0.25, 0.3) is 0 Å². The number of fused-ring (bicyclic) bond motifs is 1. The Balaban J connectivity index is 1.80. The number of ether oxygens (including phenoxy) is 1. The Hall–Kier alpha value is -1.06. The summed E-state index contributed by atoms with van der Waals surface area (Å²) in [5.41, 5.74) is 2.60. The van der Waals surface area contributed by atoms with Gasteiger partial charge < -0.3 is 15.2 Å². The fourth-order valence-electron chi connectivity index (χ4n) is 2.12. The molecule has 1 aliphatic rings. The van der Waals surface area contributed by atoms with Crippen molar-refractivity contribution in [2.75, 3.05) is 19.7 Å². The van der Waals surface area contributed by atoms with Gasteiger partial charge in [-0.1, -0.05) is 24.6 Å². The normalized spacial score (nSPS) is 19.8. The molecule has 1 heterocycles. The van der Waals surface area contributed by atoms with Gasteiger partial charge in [0.1, 0.15) is 11.9 Å². The summed E-state index contributed by atoms with van der Waals surface area (Å²) in [5.74, 6) is 1.33. The third-order valence-electron chi connectivity index (χ3n) is 3.13. The average molecular weight is 235 g/mol. The van der Waals surface area contributed by atoms with Crippen molar-refractivity contribution in [1.29, 1.82) is 0 Å². The Morgan fingerprint density at radius 3 is 3.12 bits per heavy atom. The van der Waals surface area contributed by atoms with Crippen molar-refractivity contribution in [3.05, 3.63) is 29.3 Å². The van der Waals surface area contributed by atoms with Crippen LogP contribution in [0.15, 0.2) is 18.2 Å². The maximum Gasteiger partial charge on any atom is 0.123 e. The van der Waals surface area contributed by atoms with Gasteiger partial charge in [0.25, 0.3) is 0 Å². The summed E-state index contributed by atoms with van der Waals surface area (Å²) in [6, 6.07) is 6.34. The quantitative estimate of drug-likeness (QED) is 0.813. The molecule has 17 heavy (non-hydrogen) atoms. The molecule has 0 spiro atoms. The third kappa shape index (κ3) is 3.20. The fraction of sp³-hybridized carbons (Fsp3) is 0.571. The molecule has 2 unspecified atom stereocenters. The van der Waals surface area contributed by atoms with E-state index in [1.54, 1.807) is 0 Å². The smallest absolute Gasteiger partial charge is 0.123 e. The van der Waals surface area contributed by atoms with Crippen molar-refractivity contribution in [3.63, 3.8) is 0 Å². The highest BCUT2D eigenvalue weighted by Crippen LogP contribution is 2.29. The number of rotatable bonds is 5. The van der Waals surface area contributed by atoms with E-state index in [0.29, 0.717) is 5.92 Å². The molecule has 0 bridgehead atoms. The van der Waals surface area contributed by atoms with Crippen LogP contribution in [0.4, 0.5) is 0 Å². The molecule has 0 saturated heterocycles. The third-order valence-corrected chi connectivity index (χ3v) is 3.13. The highest BCUT2D eigenvalue weighted by Gasteiger charge is 2.22. The number of aliphatic hydroxyl groups excluding tert-OH is 1. The molecule has 0 aromatic heterocycles. The zero-order valence-electron chi connectivity index (χ0n) is 10.6. The topological polar surface area (TPSA) is 41.5 Å². The van der Waals surface area contributed by atoms with Crippen LogP contribution < -0.4 is 10.1 Å². The molecule has 2 rings (SSSR count). The lowest BCUT2D eigenvalue weighted by Crippen LogP contribution is -2.33. The molecule has 94 valence electrons. The van der Waals surface area contributed by atoms with Gasteiger partial charge in [-0.3, -0.25) is 0 Å². The largest absolute Gasteiger partial charge is 0.488 e. The van der Waals surface area contributed by atoms with Crippen molar-refractivity contribution in [2.45, 2.75) is 26.4 Å². The molecule has 0 saturated carbocycles. The van der Waals surface area contributed by atoms with Crippen LogP contribution >= 0.6 is 0 Å². The maximum absolute atomic E-state index is 8.93. The van der Waals surface area contributed by atoms with Crippen LogP contribution in [0, 0.1) is 12.8 Å². The van der Waals surface area contributed by atoms with E-state index in [1.807, 2.05) is 6.92 Å². The van der Waals surface area contributed by atoms with Crippen LogP contribution in [0.2, 0.25) is 0 Å². The second-order valence-electron chi connectivity index (χ2n) is 5.00. The number of hydrogen-bond acceptors (Lipinski definition) is 3. The zero-order chi connectivity index (χ0) is 12.3. The summed E-state index contributed by atoms with van der Waals surface area (Å²) >= 11 is 0. The zero-order valence-corrected chi connectivity index (χ0v) is 10.6. The molecule has 3 nitrogen and oxygen atoms in total. The van der Waals surface area contributed by atoms with E-state index in [1.165, 1.54) is 11.1 Å². The minimum Gasteiger partial charge on any atom is -0.488 e. The molecule has 2 N–H and O–H groups in total. The summed E-state index contributed by atoms with van der Waals surface area (Å²) in [5, 5.41) is 12.3. The Morgan fingerprint density at radius 2 is 2.35 bits per heavy atom. The van der Waals surface area contributed by atoms with Gasteiger partial charge in [0.05, 0.1) is 0 Å². The minimum absolute atomic E-state index is 0.234. The van der Waals surface area contributed by atoms with Crippen molar-refractivity contribution in [2.24, 2.45) is 5.92 Å². The Morgan fingerprint density at radius 1 is 1.53 bits per heavy atom. The highest BCUT2D eigenvalue weighted by atomic mass is 16.5. The van der Waals surface area contributed by atoms with E-state index in [4.69, 9.17) is 9.84 Å². The SMILES string of the molecule is Cc1ccc2c(c1)CC(CNCC(C)CO)O2. The number of aryl methyl sites for hydroxylation is 1. The van der Waals surface area contributed by atoms with Crippen molar-refractivity contribution in [1.82, 2.24) is 5.32 Å². The van der Waals surface area contributed by atoms with Crippen molar-refractivity contribution >= 4 is 0 Å². The molecule has 1 aromatic carbocycles. The first kappa shape index (κ1) is 12.4. The van der Waals surface area contributed by atoms with Crippen LogP contribution in [0.5, 0.6) is 5.75 Å². The second kappa shape index (κ2) is 5.52. The molecule has 0 radical (unpaired) electrons. The average Bonchev–Trinajstić information content (AvgIpc) is 2.70. The lowest BCUT2D eigenvalue weighted by molar-refractivity contribution is 0.208. The van der Waals surface area contributed by atoms with Crippen LogP contribution in [-0.4, -0.2) is 30.9 Å². The maximum atomic E-state index is 8.93. The van der Waals surface area contributed by atoms with Crippen LogP contribution in [0.1, 0.15) is 18.1 Å². The van der Waals surface area contributed by atoms with Gasteiger partial charge in [-0.25, -0.2) is 0 Å². The summed E-state index contributed by atoms with van der Waals surface area (Å²) < 4.78 is 5.85. The predicted molar refractivity (Wildman–Crippen MR) is 68.4 cm³/mol. The fourth-order valence-corrected chi connectivity index (χ4v) is 2.12. The first-order chi connectivity index (χ1) is 8.19. The molecule has 1 aliphatic heterocycles. The predicted octanol–water partition coefficient (Wildman–Crippen LogP) is 1.52. The molecule has 2 atom stereocenters. The molecular formula is C14H21NO2. The monoisotopic (exact) mass is 235 g/mol. The van der Waals surface area contributed by atoms with Gasteiger partial charge >= 0.3 is 0 Å². The van der Waals surface area contributed by atoms with Crippen molar-refractivity contribution in [3.8, 4) is 5.75 Å². The van der Waals surface area contributed by atoms with Crippen LogP contribution in [0.3, 0.4) is 0 Å². The number of nitrogens with one attached hydrogen (secondary N) is 1. The lowest BCUT2D eigenvalue weighted by atomic mass is 10.1.